The van der Waals surface area contributed by atoms with E-state index in [2.05, 4.69) is 24.3 Å². The number of rotatable bonds is 4. The van der Waals surface area contributed by atoms with Crippen LogP contribution in [0.5, 0.6) is 0 Å². The topological polar surface area (TPSA) is 74.8 Å². The number of amides is 1. The van der Waals surface area contributed by atoms with Gasteiger partial charge in [-0.15, -0.1) is 0 Å². The normalized spacial score (nSPS) is 17.3. The van der Waals surface area contributed by atoms with E-state index < -0.39 is 0 Å². The summed E-state index contributed by atoms with van der Waals surface area (Å²) >= 11 is 0. The molecule has 5 heteroatoms. The Balaban J connectivity index is 1.75. The van der Waals surface area contributed by atoms with E-state index in [1.54, 1.807) is 0 Å². The summed E-state index contributed by atoms with van der Waals surface area (Å²) in [5.74, 6) is 0.824. The van der Waals surface area contributed by atoms with E-state index in [4.69, 9.17) is 4.42 Å². The van der Waals surface area contributed by atoms with Crippen LogP contribution in [0.2, 0.25) is 0 Å². The molecule has 25 heavy (non-hydrogen) atoms. The largest absolute Gasteiger partial charge is 0.455 e. The second-order valence-corrected chi connectivity index (χ2v) is 7.41. The summed E-state index contributed by atoms with van der Waals surface area (Å²) in [6, 6.07) is 10.0. The van der Waals surface area contributed by atoms with Gasteiger partial charge in [0.05, 0.1) is 5.71 Å². The average molecular weight is 340 g/mol. The van der Waals surface area contributed by atoms with Crippen LogP contribution in [0.1, 0.15) is 53.3 Å². The van der Waals surface area contributed by atoms with Crippen molar-refractivity contribution >= 4 is 11.6 Å². The molecule has 0 unspecified atom stereocenters. The maximum atomic E-state index is 12.5. The first kappa shape index (κ1) is 17.3. The van der Waals surface area contributed by atoms with Gasteiger partial charge in [0.2, 0.25) is 0 Å². The Morgan fingerprint density at radius 2 is 2.00 bits per heavy atom. The molecule has 1 aromatic heterocycles. The summed E-state index contributed by atoms with van der Waals surface area (Å²) in [4.78, 5) is 12.5. The maximum Gasteiger partial charge on any atom is 0.287 e. The van der Waals surface area contributed by atoms with Crippen LogP contribution < -0.4 is 5.32 Å². The van der Waals surface area contributed by atoms with Gasteiger partial charge in [-0.3, -0.25) is 4.79 Å². The lowest BCUT2D eigenvalue weighted by molar-refractivity contribution is 0.0922. The van der Waals surface area contributed by atoms with Gasteiger partial charge in [-0.25, -0.2) is 0 Å². The van der Waals surface area contributed by atoms with Crippen molar-refractivity contribution in [2.45, 2.75) is 40.0 Å². The van der Waals surface area contributed by atoms with Crippen molar-refractivity contribution < 1.29 is 14.4 Å². The molecular weight excluding hydrogens is 316 g/mol. The first-order valence-corrected chi connectivity index (χ1v) is 8.57. The number of oxime groups is 1. The smallest absolute Gasteiger partial charge is 0.287 e. The molecule has 5 nitrogen and oxygen atoms in total. The Hall–Kier alpha value is -2.56. The standard InChI is InChI=1S/C20H24N2O3/c1-13-17-15(22-24)11-20(2,3)12-16(17)25-18(13)19(23)21-10-9-14-7-5-4-6-8-14/h4-8,24H,9-12H2,1-3H3,(H,21,23)/b22-15+. The first-order valence-electron chi connectivity index (χ1n) is 8.57. The fourth-order valence-corrected chi connectivity index (χ4v) is 3.46. The highest BCUT2D eigenvalue weighted by Gasteiger charge is 2.36. The van der Waals surface area contributed by atoms with Gasteiger partial charge in [0.15, 0.2) is 5.76 Å². The average Bonchev–Trinajstić information content (AvgIpc) is 2.90. The van der Waals surface area contributed by atoms with Crippen molar-refractivity contribution in [1.82, 2.24) is 5.32 Å². The van der Waals surface area contributed by atoms with Crippen molar-refractivity contribution in [1.29, 1.82) is 0 Å². The number of hydrogen-bond acceptors (Lipinski definition) is 4. The Labute approximate surface area is 147 Å². The van der Waals surface area contributed by atoms with Crippen molar-refractivity contribution in [3.8, 4) is 0 Å². The van der Waals surface area contributed by atoms with E-state index in [0.29, 0.717) is 24.4 Å². The molecule has 1 aliphatic carbocycles. The number of nitrogens with zero attached hydrogens (tertiary/aromatic N) is 1. The van der Waals surface area contributed by atoms with Crippen LogP contribution in [-0.4, -0.2) is 23.4 Å². The summed E-state index contributed by atoms with van der Waals surface area (Å²) in [5.41, 5.74) is 3.25. The summed E-state index contributed by atoms with van der Waals surface area (Å²) < 4.78 is 5.87. The number of fused-ring (bicyclic) bond motifs is 1. The van der Waals surface area contributed by atoms with Crippen LogP contribution in [-0.2, 0) is 12.8 Å². The summed E-state index contributed by atoms with van der Waals surface area (Å²) in [7, 11) is 0. The van der Waals surface area contributed by atoms with Crippen LogP contribution in [0.3, 0.4) is 0 Å². The molecule has 0 atom stereocenters. The molecule has 0 saturated carbocycles. The van der Waals surface area contributed by atoms with Gasteiger partial charge in [-0.05, 0) is 30.7 Å². The highest BCUT2D eigenvalue weighted by atomic mass is 16.4. The van der Waals surface area contributed by atoms with Crippen molar-refractivity contribution in [2.24, 2.45) is 10.6 Å². The Kier molecular flexibility index (Phi) is 4.66. The predicted molar refractivity (Wildman–Crippen MR) is 96.3 cm³/mol. The van der Waals surface area contributed by atoms with E-state index in [9.17, 15) is 10.0 Å². The number of hydrogen-bond donors (Lipinski definition) is 2. The first-order chi connectivity index (χ1) is 11.9. The minimum absolute atomic E-state index is 0.0556. The molecule has 1 amide bonds. The third-order valence-corrected chi connectivity index (χ3v) is 4.66. The van der Waals surface area contributed by atoms with Crippen LogP contribution in [0.4, 0.5) is 0 Å². The van der Waals surface area contributed by atoms with Crippen LogP contribution in [0, 0.1) is 12.3 Å². The molecule has 1 aliphatic rings. The number of furan rings is 1. The zero-order valence-corrected chi connectivity index (χ0v) is 14.9. The molecule has 3 rings (SSSR count). The van der Waals surface area contributed by atoms with Crippen LogP contribution in [0.15, 0.2) is 39.9 Å². The highest BCUT2D eigenvalue weighted by molar-refractivity contribution is 6.06. The van der Waals surface area contributed by atoms with Gasteiger partial charge in [0, 0.05) is 24.1 Å². The lowest BCUT2D eigenvalue weighted by atomic mass is 9.75. The van der Waals surface area contributed by atoms with Crippen LogP contribution in [0.25, 0.3) is 0 Å². The van der Waals surface area contributed by atoms with E-state index in [-0.39, 0.29) is 11.3 Å². The number of benzene rings is 1. The van der Waals surface area contributed by atoms with Crippen molar-refractivity contribution in [3.05, 3.63) is 58.5 Å². The van der Waals surface area contributed by atoms with Gasteiger partial charge in [-0.1, -0.05) is 49.3 Å². The summed E-state index contributed by atoms with van der Waals surface area (Å²) in [6.07, 6.45) is 2.15. The summed E-state index contributed by atoms with van der Waals surface area (Å²) in [6.45, 7) is 6.58. The molecule has 1 heterocycles. The van der Waals surface area contributed by atoms with Crippen molar-refractivity contribution in [3.63, 3.8) is 0 Å². The third kappa shape index (κ3) is 3.60. The zero-order valence-electron chi connectivity index (χ0n) is 14.9. The minimum Gasteiger partial charge on any atom is -0.455 e. The van der Waals surface area contributed by atoms with Gasteiger partial charge >= 0.3 is 0 Å². The summed E-state index contributed by atoms with van der Waals surface area (Å²) in [5, 5.41) is 15.7. The molecule has 0 fully saturated rings. The molecule has 0 radical (unpaired) electrons. The molecule has 1 aromatic carbocycles. The molecule has 132 valence electrons. The van der Waals surface area contributed by atoms with Gasteiger partial charge in [0.25, 0.3) is 5.91 Å². The van der Waals surface area contributed by atoms with E-state index in [1.807, 2.05) is 37.3 Å². The minimum atomic E-state index is -0.224. The van der Waals surface area contributed by atoms with E-state index >= 15 is 0 Å². The molecule has 0 aliphatic heterocycles. The Morgan fingerprint density at radius 1 is 1.28 bits per heavy atom. The van der Waals surface area contributed by atoms with Gasteiger partial charge < -0.3 is 14.9 Å². The van der Waals surface area contributed by atoms with Crippen molar-refractivity contribution in [2.75, 3.05) is 6.54 Å². The SMILES string of the molecule is Cc1c(C(=O)NCCc2ccccc2)oc2c1/C(=N/O)CC(C)(C)C2. The monoisotopic (exact) mass is 340 g/mol. The molecule has 0 saturated heterocycles. The fourth-order valence-electron chi connectivity index (χ4n) is 3.46. The number of nitrogens with one attached hydrogen (secondary N) is 1. The second kappa shape index (κ2) is 6.75. The zero-order chi connectivity index (χ0) is 18.0. The third-order valence-electron chi connectivity index (χ3n) is 4.66. The van der Waals surface area contributed by atoms with Crippen LogP contribution >= 0.6 is 0 Å². The quantitative estimate of drug-likeness (QED) is 0.658. The Bertz CT molecular complexity index is 804. The molecule has 2 N–H and O–H groups in total. The lowest BCUT2D eigenvalue weighted by Gasteiger charge is -2.28. The second-order valence-electron chi connectivity index (χ2n) is 7.41. The van der Waals surface area contributed by atoms with Gasteiger partial charge in [0.1, 0.15) is 5.76 Å². The fraction of sp³-hybridized carbons (Fsp3) is 0.400. The highest BCUT2D eigenvalue weighted by Crippen LogP contribution is 2.38. The predicted octanol–water partition coefficient (Wildman–Crippen LogP) is 3.71. The molecule has 0 spiro atoms. The molecule has 0 bridgehead atoms. The number of carbonyl (C=O) groups excluding carboxylic acids is 1. The number of carbonyl (C=O) groups is 1. The molecule has 2 aromatic rings. The van der Waals surface area contributed by atoms with Gasteiger partial charge in [-0.2, -0.15) is 0 Å². The maximum absolute atomic E-state index is 12.5. The lowest BCUT2D eigenvalue weighted by Crippen LogP contribution is -2.27. The van der Waals surface area contributed by atoms with E-state index in [1.165, 1.54) is 5.56 Å². The molecular formula is C20H24N2O3. The Morgan fingerprint density at radius 3 is 2.68 bits per heavy atom. The van der Waals surface area contributed by atoms with E-state index in [0.717, 1.165) is 29.7 Å².